The van der Waals surface area contributed by atoms with E-state index in [9.17, 15) is 0 Å². The summed E-state index contributed by atoms with van der Waals surface area (Å²) < 4.78 is 11.1. The first-order chi connectivity index (χ1) is 6.31. The molecule has 78 valence electrons. The molecule has 0 saturated carbocycles. The highest BCUT2D eigenvalue weighted by molar-refractivity contribution is 4.83. The molecule has 1 unspecified atom stereocenters. The van der Waals surface area contributed by atoms with Crippen molar-refractivity contribution < 1.29 is 9.47 Å². The lowest BCUT2D eigenvalue weighted by molar-refractivity contribution is -0.276. The molecule has 0 aromatic heterocycles. The maximum absolute atomic E-state index is 5.56. The molecule has 0 aromatic rings. The monoisotopic (exact) mass is 187 g/mol. The number of nitrogens with one attached hydrogen (secondary N) is 1. The summed E-state index contributed by atoms with van der Waals surface area (Å²) in [5, 5.41) is 3.32. The fourth-order valence-electron chi connectivity index (χ4n) is 1.73. The van der Waals surface area contributed by atoms with E-state index in [0.717, 1.165) is 32.5 Å². The number of hydrogen-bond acceptors (Lipinski definition) is 3. The second-order valence-electron chi connectivity index (χ2n) is 3.39. The molecule has 2 rings (SSSR count). The average Bonchev–Trinajstić information content (AvgIpc) is 2.52. The Morgan fingerprint density at radius 1 is 1.23 bits per heavy atom. The van der Waals surface area contributed by atoms with Crippen molar-refractivity contribution in [2.45, 2.75) is 52.0 Å². The molecule has 3 heteroatoms. The lowest BCUT2D eigenvalue weighted by Crippen LogP contribution is -2.50. The van der Waals surface area contributed by atoms with Crippen LogP contribution in [0, 0.1) is 0 Å². The Morgan fingerprint density at radius 3 is 2.31 bits per heavy atom. The van der Waals surface area contributed by atoms with E-state index in [4.69, 9.17) is 9.47 Å². The normalized spacial score (nSPS) is 31.2. The topological polar surface area (TPSA) is 30.5 Å². The minimum absolute atomic E-state index is 0.405. The first kappa shape index (κ1) is 11.0. The van der Waals surface area contributed by atoms with Crippen molar-refractivity contribution in [2.75, 3.05) is 13.2 Å². The summed E-state index contributed by atoms with van der Waals surface area (Å²) in [6, 6.07) is 0.535. The summed E-state index contributed by atoms with van der Waals surface area (Å²) in [4.78, 5) is 0. The van der Waals surface area contributed by atoms with Crippen LogP contribution in [-0.4, -0.2) is 25.2 Å². The first-order valence-corrected chi connectivity index (χ1v) is 5.36. The molecule has 1 atom stereocenters. The lowest BCUT2D eigenvalue weighted by atomic mass is 10.2. The molecular formula is C10H21NO2. The molecule has 2 fully saturated rings. The van der Waals surface area contributed by atoms with Crippen LogP contribution in [0.25, 0.3) is 0 Å². The van der Waals surface area contributed by atoms with Gasteiger partial charge >= 0.3 is 0 Å². The molecule has 2 saturated heterocycles. The molecule has 0 bridgehead atoms. The fraction of sp³-hybridized carbons (Fsp3) is 1.00. The zero-order valence-electron chi connectivity index (χ0n) is 8.93. The predicted molar refractivity (Wildman–Crippen MR) is 52.4 cm³/mol. The zero-order valence-corrected chi connectivity index (χ0v) is 8.93. The van der Waals surface area contributed by atoms with Crippen molar-refractivity contribution in [1.82, 2.24) is 5.32 Å². The third-order valence-electron chi connectivity index (χ3n) is 2.33. The molecule has 3 nitrogen and oxygen atoms in total. The largest absolute Gasteiger partial charge is 0.337 e. The average molecular weight is 187 g/mol. The van der Waals surface area contributed by atoms with Gasteiger partial charge in [0.15, 0.2) is 0 Å². The van der Waals surface area contributed by atoms with Crippen LogP contribution in [0.15, 0.2) is 0 Å². The van der Waals surface area contributed by atoms with Crippen molar-refractivity contribution in [3.05, 3.63) is 0 Å². The number of ether oxygens (including phenoxy) is 2. The molecule has 1 spiro atoms. The second-order valence-corrected chi connectivity index (χ2v) is 3.39. The van der Waals surface area contributed by atoms with Crippen LogP contribution in [0.3, 0.4) is 0 Å². The van der Waals surface area contributed by atoms with Gasteiger partial charge in [-0.3, -0.25) is 5.32 Å². The molecule has 0 aromatic carbocycles. The van der Waals surface area contributed by atoms with Gasteiger partial charge in [-0.1, -0.05) is 13.8 Å². The van der Waals surface area contributed by atoms with Gasteiger partial charge in [-0.15, -0.1) is 0 Å². The van der Waals surface area contributed by atoms with Crippen LogP contribution >= 0.6 is 0 Å². The van der Waals surface area contributed by atoms with Crippen molar-refractivity contribution in [3.63, 3.8) is 0 Å². The second kappa shape index (κ2) is 4.94. The van der Waals surface area contributed by atoms with Crippen molar-refractivity contribution in [1.29, 1.82) is 0 Å². The van der Waals surface area contributed by atoms with E-state index in [0.29, 0.717) is 6.04 Å². The summed E-state index contributed by atoms with van der Waals surface area (Å²) in [7, 11) is 0. The molecule has 2 heterocycles. The molecule has 1 N–H and O–H groups in total. The van der Waals surface area contributed by atoms with Gasteiger partial charge < -0.3 is 9.47 Å². The van der Waals surface area contributed by atoms with Gasteiger partial charge in [-0.05, 0) is 19.8 Å². The van der Waals surface area contributed by atoms with Gasteiger partial charge in [0.25, 0.3) is 0 Å². The maximum atomic E-state index is 5.56. The van der Waals surface area contributed by atoms with E-state index >= 15 is 0 Å². The summed E-state index contributed by atoms with van der Waals surface area (Å²) in [6.45, 7) is 7.83. The van der Waals surface area contributed by atoms with E-state index < -0.39 is 5.91 Å². The highest BCUT2D eigenvalue weighted by Gasteiger charge is 2.40. The smallest absolute Gasteiger partial charge is 0.227 e. The Labute approximate surface area is 80.8 Å². The molecule has 0 radical (unpaired) electrons. The quantitative estimate of drug-likeness (QED) is 0.628. The predicted octanol–water partition coefficient (Wildman–Crippen LogP) is 1.88. The van der Waals surface area contributed by atoms with E-state index in [1.165, 1.54) is 0 Å². The van der Waals surface area contributed by atoms with E-state index in [1.54, 1.807) is 0 Å². The molecule has 0 amide bonds. The highest BCUT2D eigenvalue weighted by Crippen LogP contribution is 2.28. The van der Waals surface area contributed by atoms with Crippen molar-refractivity contribution in [2.24, 2.45) is 0 Å². The van der Waals surface area contributed by atoms with Crippen LogP contribution in [-0.2, 0) is 9.47 Å². The Balaban J connectivity index is 0.000000396. The Morgan fingerprint density at radius 2 is 1.85 bits per heavy atom. The van der Waals surface area contributed by atoms with Gasteiger partial charge in [0.05, 0.1) is 13.2 Å². The maximum Gasteiger partial charge on any atom is 0.227 e. The van der Waals surface area contributed by atoms with E-state index in [2.05, 4.69) is 12.2 Å². The number of hydrogen-bond donors (Lipinski definition) is 1. The van der Waals surface area contributed by atoms with E-state index in [1.807, 2.05) is 13.8 Å². The van der Waals surface area contributed by atoms with Crippen LogP contribution < -0.4 is 5.32 Å². The molecule has 2 aliphatic heterocycles. The third kappa shape index (κ3) is 2.66. The molecule has 0 aliphatic carbocycles. The molecular weight excluding hydrogens is 166 g/mol. The first-order valence-electron chi connectivity index (χ1n) is 5.36. The van der Waals surface area contributed by atoms with Gasteiger partial charge in [-0.25, -0.2) is 0 Å². The SMILES string of the molecule is CC.CC1CCC2(N1)OCCCO2. The standard InChI is InChI=1S/C8H15NO2.C2H6/c1-7-3-4-8(9-7)10-5-2-6-11-8;1-2/h7,9H,2-6H2,1H3;1-2H3. The van der Waals surface area contributed by atoms with Gasteiger partial charge in [0.2, 0.25) is 5.91 Å². The zero-order chi connectivity index (χ0) is 9.73. The minimum atomic E-state index is -0.405. The third-order valence-corrected chi connectivity index (χ3v) is 2.33. The van der Waals surface area contributed by atoms with Crippen molar-refractivity contribution >= 4 is 0 Å². The lowest BCUT2D eigenvalue weighted by Gasteiger charge is -2.33. The van der Waals surface area contributed by atoms with Gasteiger partial charge in [0, 0.05) is 12.5 Å². The van der Waals surface area contributed by atoms with E-state index in [-0.39, 0.29) is 0 Å². The Kier molecular flexibility index (Phi) is 4.16. The Hall–Kier alpha value is -0.120. The molecule has 2 aliphatic rings. The van der Waals surface area contributed by atoms with Crippen molar-refractivity contribution in [3.8, 4) is 0 Å². The van der Waals surface area contributed by atoms with Crippen LogP contribution in [0.4, 0.5) is 0 Å². The van der Waals surface area contributed by atoms with Crippen LogP contribution in [0.1, 0.15) is 40.0 Å². The Bertz CT molecular complexity index is 138. The number of rotatable bonds is 0. The summed E-state index contributed by atoms with van der Waals surface area (Å²) in [5.41, 5.74) is 0. The molecule has 13 heavy (non-hydrogen) atoms. The summed E-state index contributed by atoms with van der Waals surface area (Å²) in [6.07, 6.45) is 3.17. The van der Waals surface area contributed by atoms with Crippen LogP contribution in [0.2, 0.25) is 0 Å². The minimum Gasteiger partial charge on any atom is -0.337 e. The highest BCUT2D eigenvalue weighted by atomic mass is 16.7. The fourth-order valence-corrected chi connectivity index (χ4v) is 1.73. The van der Waals surface area contributed by atoms with Gasteiger partial charge in [0.1, 0.15) is 0 Å². The summed E-state index contributed by atoms with van der Waals surface area (Å²) >= 11 is 0. The van der Waals surface area contributed by atoms with Crippen LogP contribution in [0.5, 0.6) is 0 Å². The summed E-state index contributed by atoms with van der Waals surface area (Å²) in [5.74, 6) is -0.405. The van der Waals surface area contributed by atoms with Gasteiger partial charge in [-0.2, -0.15) is 0 Å².